The van der Waals surface area contributed by atoms with Crippen molar-refractivity contribution < 1.29 is 15.3 Å². The van der Waals surface area contributed by atoms with Crippen LogP contribution in [0.5, 0.6) is 0 Å². The lowest BCUT2D eigenvalue weighted by Gasteiger charge is -2.09. The van der Waals surface area contributed by atoms with Crippen molar-refractivity contribution in [3.05, 3.63) is 0 Å². The lowest BCUT2D eigenvalue weighted by Crippen LogP contribution is -2.41. The van der Waals surface area contributed by atoms with Crippen LogP contribution in [0.15, 0.2) is 0 Å². The van der Waals surface area contributed by atoms with Crippen LogP contribution in [-0.4, -0.2) is 28.5 Å². The summed E-state index contributed by atoms with van der Waals surface area (Å²) in [6.07, 6.45) is 2.83. The van der Waals surface area contributed by atoms with E-state index in [0.29, 0.717) is 0 Å². The highest BCUT2D eigenvalue weighted by Gasteiger charge is 2.11. The second-order valence-electron chi connectivity index (χ2n) is 2.59. The molecule has 0 rings (SSSR count). The van der Waals surface area contributed by atoms with Crippen molar-refractivity contribution >= 4 is 0 Å². The van der Waals surface area contributed by atoms with Gasteiger partial charge in [-0.05, 0) is 7.05 Å². The van der Waals surface area contributed by atoms with E-state index in [4.69, 9.17) is 15.3 Å². The maximum Gasteiger partial charge on any atom is 0.342 e. The topological polar surface area (TPSA) is 72.7 Å². The zero-order valence-electron chi connectivity index (χ0n) is 8.17. The van der Waals surface area contributed by atoms with Gasteiger partial charge >= 0.3 is 6.10 Å². The van der Waals surface area contributed by atoms with Gasteiger partial charge in [0.05, 0.1) is 0 Å². The van der Waals surface area contributed by atoms with Crippen LogP contribution in [0.1, 0.15) is 39.5 Å². The van der Waals surface area contributed by atoms with E-state index in [2.05, 4.69) is 13.8 Å². The van der Waals surface area contributed by atoms with Crippen molar-refractivity contribution in [2.45, 2.75) is 45.6 Å². The quantitative estimate of drug-likeness (QED) is 0.372. The van der Waals surface area contributed by atoms with Gasteiger partial charge in [-0.3, -0.25) is 0 Å². The first-order valence-corrected chi connectivity index (χ1v) is 4.34. The Morgan fingerprint density at radius 2 is 1.25 bits per heavy atom. The molecule has 0 amide bonds. The molecule has 0 aliphatic heterocycles. The van der Waals surface area contributed by atoms with Gasteiger partial charge in [-0.15, -0.1) is 0 Å². The zero-order valence-corrected chi connectivity index (χ0v) is 8.17. The number of rotatable bonds is 4. The fourth-order valence-corrected chi connectivity index (χ4v) is 0.500. The molecular weight excluding hydrogens is 158 g/mol. The average molecular weight is 179 g/mol. The summed E-state index contributed by atoms with van der Waals surface area (Å²) in [5.74, 6) is 0. The molecule has 0 fully saturated rings. The monoisotopic (exact) mass is 179 g/mol. The first-order valence-electron chi connectivity index (χ1n) is 4.34. The molecule has 0 radical (unpaired) electrons. The van der Waals surface area contributed by atoms with Crippen molar-refractivity contribution in [3.63, 3.8) is 0 Å². The Morgan fingerprint density at radius 1 is 1.00 bits per heavy atom. The maximum absolute atomic E-state index is 7.83. The van der Waals surface area contributed by atoms with Crippen molar-refractivity contribution in [3.8, 4) is 0 Å². The number of hydrogen-bond acceptors (Lipinski definition) is 4. The van der Waals surface area contributed by atoms with E-state index in [-0.39, 0.29) is 0 Å². The summed E-state index contributed by atoms with van der Waals surface area (Å²) in [6.45, 7) is 4.46. The van der Waals surface area contributed by atoms with Crippen LogP contribution in [0.4, 0.5) is 0 Å². The molecule has 0 aromatic carbocycles. The van der Waals surface area contributed by atoms with Crippen LogP contribution in [-0.2, 0) is 0 Å². The van der Waals surface area contributed by atoms with Crippen molar-refractivity contribution in [2.24, 2.45) is 0 Å². The standard InChI is InChI=1S/C6H14.C2H7NO3/c1-3-5-6-4-2;1-3-2(4,5)6/h3-6H2,1-2H3;3-6H,1H3. The molecule has 0 saturated heterocycles. The minimum absolute atomic E-state index is 1.21. The fraction of sp³-hybridized carbons (Fsp3) is 1.00. The molecule has 0 aliphatic rings. The molecule has 0 aliphatic carbocycles. The minimum Gasteiger partial charge on any atom is -0.330 e. The van der Waals surface area contributed by atoms with Crippen LogP contribution >= 0.6 is 0 Å². The molecule has 4 heteroatoms. The van der Waals surface area contributed by atoms with E-state index in [1.54, 1.807) is 5.32 Å². The predicted molar refractivity (Wildman–Crippen MR) is 48.3 cm³/mol. The molecule has 12 heavy (non-hydrogen) atoms. The number of hydrogen-bond donors (Lipinski definition) is 4. The summed E-state index contributed by atoms with van der Waals surface area (Å²) in [5, 5.41) is 25.3. The van der Waals surface area contributed by atoms with Crippen LogP contribution in [0.3, 0.4) is 0 Å². The van der Waals surface area contributed by atoms with E-state index in [9.17, 15) is 0 Å². The third-order valence-electron chi connectivity index (χ3n) is 1.29. The Hall–Kier alpha value is -0.160. The number of aliphatic hydroxyl groups is 3. The largest absolute Gasteiger partial charge is 0.342 e. The lowest BCUT2D eigenvalue weighted by atomic mass is 10.2. The molecule has 0 aromatic heterocycles. The summed E-state index contributed by atoms with van der Waals surface area (Å²) in [6, 6.07) is 0. The number of unbranched alkanes of at least 4 members (excludes halogenated alkanes) is 3. The van der Waals surface area contributed by atoms with Gasteiger partial charge in [0.1, 0.15) is 0 Å². The van der Waals surface area contributed by atoms with E-state index >= 15 is 0 Å². The molecule has 0 atom stereocenters. The van der Waals surface area contributed by atoms with Gasteiger partial charge in [-0.2, -0.15) is 0 Å². The lowest BCUT2D eigenvalue weighted by molar-refractivity contribution is -0.328. The highest BCUT2D eigenvalue weighted by Crippen LogP contribution is 1.95. The van der Waals surface area contributed by atoms with Crippen molar-refractivity contribution in [2.75, 3.05) is 7.05 Å². The summed E-state index contributed by atoms with van der Waals surface area (Å²) >= 11 is 0. The normalized spacial score (nSPS) is 10.5. The summed E-state index contributed by atoms with van der Waals surface area (Å²) in [7, 11) is 1.21. The van der Waals surface area contributed by atoms with Gasteiger partial charge < -0.3 is 15.3 Å². The van der Waals surface area contributed by atoms with Crippen molar-refractivity contribution in [1.82, 2.24) is 5.32 Å². The van der Waals surface area contributed by atoms with E-state index < -0.39 is 6.10 Å². The van der Waals surface area contributed by atoms with E-state index in [1.807, 2.05) is 0 Å². The maximum atomic E-state index is 7.83. The summed E-state index contributed by atoms with van der Waals surface area (Å²) in [4.78, 5) is 0. The third-order valence-corrected chi connectivity index (χ3v) is 1.29. The molecule has 0 spiro atoms. The first-order chi connectivity index (χ1) is 5.47. The highest BCUT2D eigenvalue weighted by atomic mass is 16.7. The Morgan fingerprint density at radius 3 is 1.33 bits per heavy atom. The van der Waals surface area contributed by atoms with Crippen LogP contribution in [0, 0.1) is 0 Å². The Labute approximate surface area is 74.2 Å². The third kappa shape index (κ3) is 22.5. The second kappa shape index (κ2) is 8.93. The highest BCUT2D eigenvalue weighted by molar-refractivity contribution is 4.31. The SMILES string of the molecule is CCCCCC.CNC(O)(O)O. The minimum atomic E-state index is -2.71. The predicted octanol–water partition coefficient (Wildman–Crippen LogP) is 0.381. The molecule has 0 unspecified atom stereocenters. The Balaban J connectivity index is 0. The Bertz CT molecular complexity index is 76.9. The van der Waals surface area contributed by atoms with Gasteiger partial charge in [-0.1, -0.05) is 39.5 Å². The molecule has 4 nitrogen and oxygen atoms in total. The Kier molecular flexibility index (Phi) is 10.7. The average Bonchev–Trinajstić information content (AvgIpc) is 2.01. The van der Waals surface area contributed by atoms with Crippen molar-refractivity contribution in [1.29, 1.82) is 0 Å². The van der Waals surface area contributed by atoms with Gasteiger partial charge in [0.15, 0.2) is 0 Å². The molecule has 76 valence electrons. The summed E-state index contributed by atoms with van der Waals surface area (Å²) < 4.78 is 0. The van der Waals surface area contributed by atoms with Crippen LogP contribution in [0.25, 0.3) is 0 Å². The van der Waals surface area contributed by atoms with E-state index in [0.717, 1.165) is 0 Å². The molecule has 4 N–H and O–H groups in total. The molecule has 0 saturated carbocycles. The zero-order chi connectivity index (χ0) is 10.0. The molecule has 0 bridgehead atoms. The van der Waals surface area contributed by atoms with E-state index in [1.165, 1.54) is 32.7 Å². The fourth-order valence-electron chi connectivity index (χ4n) is 0.500. The van der Waals surface area contributed by atoms with Crippen LogP contribution in [0.2, 0.25) is 0 Å². The molecule has 0 heterocycles. The smallest absolute Gasteiger partial charge is 0.330 e. The van der Waals surface area contributed by atoms with Crippen LogP contribution < -0.4 is 5.32 Å². The molecular formula is C8H21NO3. The summed E-state index contributed by atoms with van der Waals surface area (Å²) in [5.41, 5.74) is 0. The second-order valence-corrected chi connectivity index (χ2v) is 2.59. The van der Waals surface area contributed by atoms with Gasteiger partial charge in [0.25, 0.3) is 0 Å². The number of nitrogens with one attached hydrogen (secondary N) is 1. The first kappa shape index (κ1) is 14.4. The van der Waals surface area contributed by atoms with Gasteiger partial charge in [0.2, 0.25) is 0 Å². The molecule has 0 aromatic rings. The van der Waals surface area contributed by atoms with Gasteiger partial charge in [0, 0.05) is 0 Å². The van der Waals surface area contributed by atoms with Gasteiger partial charge in [-0.25, -0.2) is 5.32 Å².